The van der Waals surface area contributed by atoms with Gasteiger partial charge in [-0.3, -0.25) is 0 Å². The maximum atomic E-state index is 12.6. The zero-order valence-corrected chi connectivity index (χ0v) is 13.1. The number of benzene rings is 1. The van der Waals surface area contributed by atoms with Gasteiger partial charge in [0, 0.05) is 18.8 Å². The highest BCUT2D eigenvalue weighted by atomic mass is 16.2. The molecule has 3 N–H and O–H groups in total. The van der Waals surface area contributed by atoms with Crippen molar-refractivity contribution in [2.75, 3.05) is 18.4 Å². The summed E-state index contributed by atoms with van der Waals surface area (Å²) in [6, 6.07) is 9.56. The van der Waals surface area contributed by atoms with Gasteiger partial charge in [-0.1, -0.05) is 25.1 Å². The summed E-state index contributed by atoms with van der Waals surface area (Å²) in [6.45, 7) is 5.53. The zero-order valence-electron chi connectivity index (χ0n) is 13.1. The summed E-state index contributed by atoms with van der Waals surface area (Å²) in [7, 11) is 0. The molecule has 1 aliphatic carbocycles. The molecule has 1 saturated carbocycles. The third-order valence-corrected chi connectivity index (χ3v) is 4.74. The molecular weight excluding hydrogens is 262 g/mol. The third kappa shape index (κ3) is 3.56. The lowest BCUT2D eigenvalue weighted by atomic mass is 9.76. The summed E-state index contributed by atoms with van der Waals surface area (Å²) in [5, 5.41) is 2.99. The van der Waals surface area contributed by atoms with Crippen molar-refractivity contribution in [3.05, 3.63) is 30.3 Å². The second-order valence-electron chi connectivity index (χ2n) is 6.15. The number of hydrogen-bond donors (Lipinski definition) is 2. The Hall–Kier alpha value is -1.55. The van der Waals surface area contributed by atoms with Crippen LogP contribution in [0.25, 0.3) is 0 Å². The van der Waals surface area contributed by atoms with Crippen LogP contribution < -0.4 is 11.1 Å². The molecular formula is C17H27N3O. The molecule has 0 unspecified atom stereocenters. The van der Waals surface area contributed by atoms with Crippen LogP contribution in [-0.4, -0.2) is 29.6 Å². The van der Waals surface area contributed by atoms with Crippen molar-refractivity contribution in [3.8, 4) is 0 Å². The molecule has 2 rings (SSSR count). The molecule has 0 bridgehead atoms. The number of anilines is 1. The van der Waals surface area contributed by atoms with E-state index in [4.69, 9.17) is 5.73 Å². The molecule has 21 heavy (non-hydrogen) atoms. The van der Waals surface area contributed by atoms with Gasteiger partial charge in [-0.05, 0) is 50.7 Å². The minimum absolute atomic E-state index is 0.0382. The molecule has 0 radical (unpaired) electrons. The van der Waals surface area contributed by atoms with Crippen LogP contribution in [0.1, 0.15) is 39.5 Å². The number of carbonyl (C=O) groups is 1. The third-order valence-electron chi connectivity index (χ3n) is 4.74. The molecule has 2 amide bonds. The van der Waals surface area contributed by atoms with E-state index in [9.17, 15) is 4.79 Å². The van der Waals surface area contributed by atoms with Crippen LogP contribution in [0.15, 0.2) is 30.3 Å². The normalized spacial score (nSPS) is 25.4. The van der Waals surface area contributed by atoms with Gasteiger partial charge >= 0.3 is 6.03 Å². The minimum atomic E-state index is -0.180. The summed E-state index contributed by atoms with van der Waals surface area (Å²) < 4.78 is 0. The molecule has 4 nitrogen and oxygen atoms in total. The van der Waals surface area contributed by atoms with Gasteiger partial charge in [0.2, 0.25) is 0 Å². The maximum absolute atomic E-state index is 12.6. The highest BCUT2D eigenvalue weighted by molar-refractivity contribution is 5.89. The van der Waals surface area contributed by atoms with E-state index in [2.05, 4.69) is 12.2 Å². The van der Waals surface area contributed by atoms with Crippen LogP contribution in [0, 0.1) is 5.92 Å². The minimum Gasteiger partial charge on any atom is -0.328 e. The second-order valence-corrected chi connectivity index (χ2v) is 6.15. The molecule has 1 aliphatic rings. The van der Waals surface area contributed by atoms with Crippen molar-refractivity contribution in [3.63, 3.8) is 0 Å². The van der Waals surface area contributed by atoms with E-state index >= 15 is 0 Å². The summed E-state index contributed by atoms with van der Waals surface area (Å²) in [5.74, 6) is 0.737. The fourth-order valence-electron chi connectivity index (χ4n) is 3.29. The van der Waals surface area contributed by atoms with Gasteiger partial charge in [0.15, 0.2) is 0 Å². The average molecular weight is 289 g/mol. The number of nitrogens with zero attached hydrogens (tertiary/aromatic N) is 1. The molecule has 4 heteroatoms. The molecule has 0 atom stereocenters. The Bertz CT molecular complexity index is 452. The highest BCUT2D eigenvalue weighted by Gasteiger charge is 2.40. The molecule has 0 saturated heterocycles. The van der Waals surface area contributed by atoms with Gasteiger partial charge in [-0.15, -0.1) is 0 Å². The molecule has 116 valence electrons. The molecule has 0 aliphatic heterocycles. The van der Waals surface area contributed by atoms with Crippen LogP contribution in [0.2, 0.25) is 0 Å². The lowest BCUT2D eigenvalue weighted by Crippen LogP contribution is -2.58. The molecule has 0 spiro atoms. The number of hydrogen-bond acceptors (Lipinski definition) is 2. The number of para-hydroxylation sites is 1. The Balaban J connectivity index is 2.11. The first-order valence-corrected chi connectivity index (χ1v) is 7.95. The quantitative estimate of drug-likeness (QED) is 0.892. The Morgan fingerprint density at radius 3 is 2.48 bits per heavy atom. The van der Waals surface area contributed by atoms with E-state index in [0.29, 0.717) is 13.1 Å². The van der Waals surface area contributed by atoms with Crippen molar-refractivity contribution in [1.29, 1.82) is 0 Å². The first kappa shape index (κ1) is 15.8. The fraction of sp³-hybridized carbons (Fsp3) is 0.588. The summed E-state index contributed by atoms with van der Waals surface area (Å²) in [6.07, 6.45) is 4.29. The molecule has 0 aromatic heterocycles. The predicted molar refractivity (Wildman–Crippen MR) is 87.3 cm³/mol. The first-order chi connectivity index (χ1) is 10.1. The summed E-state index contributed by atoms with van der Waals surface area (Å²) in [4.78, 5) is 14.6. The average Bonchev–Trinajstić information content (AvgIpc) is 2.51. The van der Waals surface area contributed by atoms with E-state index < -0.39 is 0 Å². The Labute approximate surface area is 127 Å². The van der Waals surface area contributed by atoms with E-state index in [-0.39, 0.29) is 11.6 Å². The smallest absolute Gasteiger partial charge is 0.322 e. The van der Waals surface area contributed by atoms with Crippen LogP contribution in [-0.2, 0) is 0 Å². The monoisotopic (exact) mass is 289 g/mol. The molecule has 0 heterocycles. The Kier molecular flexibility index (Phi) is 5.23. The van der Waals surface area contributed by atoms with Gasteiger partial charge in [0.1, 0.15) is 0 Å². The van der Waals surface area contributed by atoms with Gasteiger partial charge < -0.3 is 16.0 Å². The Morgan fingerprint density at radius 2 is 1.95 bits per heavy atom. The number of nitrogens with two attached hydrogens (primary N) is 1. The standard InChI is InChI=1S/C17H27N3O/c1-3-20(16(21)19-15-7-5-4-6-8-15)17(13-18)11-9-14(2)10-12-17/h4-8,14H,3,9-13,18H2,1-2H3,(H,19,21). The number of likely N-dealkylation sites (N-methyl/N-ethyl adjacent to an activating group) is 1. The Morgan fingerprint density at radius 1 is 1.33 bits per heavy atom. The molecule has 1 aromatic carbocycles. The van der Waals surface area contributed by atoms with Crippen molar-refractivity contribution in [2.24, 2.45) is 11.7 Å². The van der Waals surface area contributed by atoms with Crippen molar-refractivity contribution >= 4 is 11.7 Å². The lowest BCUT2D eigenvalue weighted by molar-refractivity contribution is 0.0816. The SMILES string of the molecule is CCN(C(=O)Nc1ccccc1)C1(CN)CCC(C)CC1. The predicted octanol–water partition coefficient (Wildman–Crippen LogP) is 3.45. The second kappa shape index (κ2) is 6.94. The lowest BCUT2D eigenvalue weighted by Gasteiger charge is -2.46. The first-order valence-electron chi connectivity index (χ1n) is 7.95. The zero-order chi connectivity index (χ0) is 15.3. The molecule has 1 aromatic rings. The number of nitrogens with one attached hydrogen (secondary N) is 1. The van der Waals surface area contributed by atoms with Gasteiger partial charge in [-0.25, -0.2) is 4.79 Å². The van der Waals surface area contributed by atoms with E-state index in [1.165, 1.54) is 0 Å². The highest BCUT2D eigenvalue weighted by Crippen LogP contribution is 2.36. The van der Waals surface area contributed by atoms with Crippen molar-refractivity contribution < 1.29 is 4.79 Å². The largest absolute Gasteiger partial charge is 0.328 e. The number of amides is 2. The number of urea groups is 1. The fourth-order valence-corrected chi connectivity index (χ4v) is 3.29. The number of carbonyl (C=O) groups excluding carboxylic acids is 1. The van der Waals surface area contributed by atoms with Crippen LogP contribution in [0.3, 0.4) is 0 Å². The maximum Gasteiger partial charge on any atom is 0.322 e. The van der Waals surface area contributed by atoms with Crippen molar-refractivity contribution in [2.45, 2.75) is 45.1 Å². The van der Waals surface area contributed by atoms with Crippen molar-refractivity contribution in [1.82, 2.24) is 4.90 Å². The topological polar surface area (TPSA) is 58.4 Å². The summed E-state index contributed by atoms with van der Waals surface area (Å²) >= 11 is 0. The molecule has 1 fully saturated rings. The van der Waals surface area contributed by atoms with E-state index in [0.717, 1.165) is 37.3 Å². The van der Waals surface area contributed by atoms with Gasteiger partial charge in [0.05, 0.1) is 5.54 Å². The van der Waals surface area contributed by atoms with E-state index in [1.807, 2.05) is 42.2 Å². The summed E-state index contributed by atoms with van der Waals surface area (Å²) in [5.41, 5.74) is 6.72. The van der Waals surface area contributed by atoms with Crippen LogP contribution in [0.4, 0.5) is 10.5 Å². The van der Waals surface area contributed by atoms with E-state index in [1.54, 1.807) is 0 Å². The van der Waals surface area contributed by atoms with Gasteiger partial charge in [0.25, 0.3) is 0 Å². The van der Waals surface area contributed by atoms with Crippen LogP contribution >= 0.6 is 0 Å². The van der Waals surface area contributed by atoms with Gasteiger partial charge in [-0.2, -0.15) is 0 Å². The van der Waals surface area contributed by atoms with Crippen LogP contribution in [0.5, 0.6) is 0 Å². The number of rotatable bonds is 4.